The van der Waals surface area contributed by atoms with E-state index in [1.54, 1.807) is 80.2 Å². The van der Waals surface area contributed by atoms with Gasteiger partial charge in [-0.2, -0.15) is 0 Å². The van der Waals surface area contributed by atoms with Crippen molar-refractivity contribution in [2.24, 2.45) is 0 Å². The Balaban J connectivity index is 0.000000111. The van der Waals surface area contributed by atoms with Crippen molar-refractivity contribution in [1.29, 1.82) is 0 Å². The first kappa shape index (κ1) is 61.1. The number of nitrogens with zero attached hydrogens (tertiary/aromatic N) is 5. The number of aromatic nitrogens is 3. The number of phenols is 4. The Morgan fingerprint density at radius 1 is 0.451 bits per heavy atom. The van der Waals surface area contributed by atoms with Gasteiger partial charge in [-0.1, -0.05) is 29.8 Å². The summed E-state index contributed by atoms with van der Waals surface area (Å²) >= 11 is 0. The zero-order chi connectivity index (χ0) is 63.4. The first-order valence-electron chi connectivity index (χ1n) is 31.3. The number of rotatable bonds is 8. The summed E-state index contributed by atoms with van der Waals surface area (Å²) in [6.45, 7) is 7.07. The highest BCUT2D eigenvalue weighted by Gasteiger charge is 2.40. The van der Waals surface area contributed by atoms with E-state index in [4.69, 9.17) is 37.9 Å². The smallest absolute Gasteiger partial charge is 0.290 e. The molecule has 0 unspecified atom stereocenters. The fourth-order valence-electron chi connectivity index (χ4n) is 15.5. The van der Waals surface area contributed by atoms with Crippen molar-refractivity contribution in [1.82, 2.24) is 34.6 Å². The topological polar surface area (TPSA) is 229 Å². The Labute approximate surface area is 529 Å². The number of ether oxygens (including phenoxy) is 8. The first-order chi connectivity index (χ1) is 44.2. The molecule has 1 aliphatic carbocycles. The molecule has 6 N–H and O–H groups in total. The molecule has 16 rings (SSSR count). The molecule has 0 saturated heterocycles. The van der Waals surface area contributed by atoms with Crippen LogP contribution in [0.25, 0.3) is 0 Å². The molecule has 9 aliphatic rings. The zero-order valence-corrected chi connectivity index (χ0v) is 53.0. The van der Waals surface area contributed by atoms with Crippen LogP contribution in [-0.2, 0) is 75.9 Å². The number of fused-ring (bicyclic) bond motifs is 15. The van der Waals surface area contributed by atoms with E-state index >= 15 is 0 Å². The Kier molecular flexibility index (Phi) is 17.1. The Morgan fingerprint density at radius 2 is 0.890 bits per heavy atom. The van der Waals surface area contributed by atoms with Gasteiger partial charge < -0.3 is 68.3 Å². The lowest BCUT2D eigenvalue weighted by Crippen LogP contribution is -2.44. The van der Waals surface area contributed by atoms with Crippen LogP contribution in [0.15, 0.2) is 101 Å². The standard InChI is InChI=1S/C18H20N2O4.C18H20N2O3.C18H21NO3.C17H20N2O3/c1-23-15-8-11-5-6-20-9-12-10(3-4-14(21)17(12)24-2)7-13(20)16(11)19-18(15)22;1-22-13-7-12-5-6-20-10-14-11(3-4-16(21)18(14)23-2)8-15(20)17(12)19-9-13;1-21-13-7-12-5-6-19-10-15-11(8-16(19)14(12)9-13)3-4-17(20)18(15)22-2;1-21-15-8-11-5-6-19-9-12-10(7-13(19)16(11)18-15)3-4-14(20)17(12)22-2/h3-4,8,13,21H,5-7,9H2,1-2H3,(H,19,22);3-4,7,9,15,21H,5-6,8,10H2,1-2H3;3-4,9,16,20H,5-8,10H2,1-2H3;3-4,8,13,18,20H,5-7,9H2,1-2H3/t13-;15-;16-;13-/m0000/s1. The van der Waals surface area contributed by atoms with Crippen molar-refractivity contribution in [3.63, 3.8) is 0 Å². The van der Waals surface area contributed by atoms with Gasteiger partial charge in [-0.25, -0.2) is 0 Å². The van der Waals surface area contributed by atoms with Crippen LogP contribution in [0.3, 0.4) is 0 Å². The lowest BCUT2D eigenvalue weighted by molar-refractivity contribution is 0.153. The number of aromatic hydroxyl groups is 4. The van der Waals surface area contributed by atoms with E-state index in [9.17, 15) is 25.2 Å². The molecule has 0 amide bonds. The molecule has 11 heterocycles. The molecule has 0 saturated carbocycles. The van der Waals surface area contributed by atoms with Crippen molar-refractivity contribution in [2.45, 2.75) is 108 Å². The molecule has 4 atom stereocenters. The number of aromatic amines is 2. The largest absolute Gasteiger partial charge is 0.504 e. The predicted octanol–water partition coefficient (Wildman–Crippen LogP) is 9.37. The number of nitrogens with one attached hydrogen (secondary N) is 2. The summed E-state index contributed by atoms with van der Waals surface area (Å²) < 4.78 is 42.9. The fourth-order valence-corrected chi connectivity index (χ4v) is 15.5. The van der Waals surface area contributed by atoms with E-state index in [1.165, 1.54) is 51.8 Å². The SMILES string of the molecule is COC1=CC2=C(CCN3Cc4c(ccc(O)c4OC)C[C@@H]23)C1.COc1c(O)ccc2c1CN1CCc3cc(OC)c(=O)[nH]c3[C@@H]1C2.COc1cc2c([nH]1)[C@@H]1Cc3ccc(O)c(OC)c3CN1CC2.COc1cnc2c(c1)CCN1Cc3c(ccc(O)c3OC)C[C@@H]21. The fraction of sp³-hybridized carbons (Fsp3) is 0.408. The molecule has 3 aromatic heterocycles. The lowest BCUT2D eigenvalue weighted by atomic mass is 9.85. The number of phenolic OH excluding ortho intramolecular Hbond substituents is 4. The first-order valence-corrected chi connectivity index (χ1v) is 31.3. The third-order valence-electron chi connectivity index (χ3n) is 20.1. The second-order valence-electron chi connectivity index (χ2n) is 24.6. The highest BCUT2D eigenvalue weighted by Crippen LogP contribution is 2.48. The molecular formula is C71H81N7O13. The molecule has 0 radical (unpaired) electrons. The summed E-state index contributed by atoms with van der Waals surface area (Å²) in [5, 5.41) is 40.0. The number of hydrogen-bond donors (Lipinski definition) is 6. The van der Waals surface area contributed by atoms with Crippen molar-refractivity contribution in [3.05, 3.63) is 185 Å². The summed E-state index contributed by atoms with van der Waals surface area (Å²) in [6.07, 6.45) is 12.5. The van der Waals surface area contributed by atoms with Gasteiger partial charge in [-0.3, -0.25) is 29.4 Å². The minimum Gasteiger partial charge on any atom is -0.504 e. The van der Waals surface area contributed by atoms with E-state index in [-0.39, 0.29) is 40.6 Å². The van der Waals surface area contributed by atoms with Crippen molar-refractivity contribution >= 4 is 0 Å². The average Bonchev–Trinajstić information content (AvgIpc) is 1.64. The Bertz CT molecular complexity index is 4060. The molecule has 91 heavy (non-hydrogen) atoms. The number of methoxy groups -OCH3 is 8. The number of pyridine rings is 2. The number of benzene rings is 4. The maximum atomic E-state index is 12.1. The molecular weight excluding hydrogens is 1160 g/mol. The minimum absolute atomic E-state index is 0.133. The lowest BCUT2D eigenvalue weighted by Gasteiger charge is -2.41. The number of H-pyrrole nitrogens is 2. The summed E-state index contributed by atoms with van der Waals surface area (Å²) in [4.78, 5) is 32.9. The van der Waals surface area contributed by atoms with Crippen molar-refractivity contribution < 1.29 is 58.3 Å². The maximum Gasteiger partial charge on any atom is 0.290 e. The molecule has 8 aliphatic heterocycles. The van der Waals surface area contributed by atoms with Crippen LogP contribution in [0.2, 0.25) is 0 Å². The Hall–Kier alpha value is -8.82. The van der Waals surface area contributed by atoms with Gasteiger partial charge in [0, 0.05) is 105 Å². The molecule has 0 bridgehead atoms. The van der Waals surface area contributed by atoms with E-state index < -0.39 is 0 Å². The molecule has 4 aromatic carbocycles. The minimum atomic E-state index is -0.188. The van der Waals surface area contributed by atoms with Crippen LogP contribution in [-0.4, -0.2) is 144 Å². The summed E-state index contributed by atoms with van der Waals surface area (Å²) in [5.74, 6) is 6.36. The van der Waals surface area contributed by atoms with Gasteiger partial charge in [0.05, 0.1) is 92.7 Å². The van der Waals surface area contributed by atoms with Crippen LogP contribution < -0.4 is 38.7 Å². The molecule has 0 fully saturated rings. The molecule has 0 spiro atoms. The molecule has 478 valence electrons. The van der Waals surface area contributed by atoms with E-state index in [1.807, 2.05) is 30.3 Å². The zero-order valence-electron chi connectivity index (χ0n) is 53.0. The van der Waals surface area contributed by atoms with Crippen molar-refractivity contribution in [2.75, 3.05) is 83.1 Å². The quantitative estimate of drug-likeness (QED) is 0.0832. The average molecular weight is 1240 g/mol. The summed E-state index contributed by atoms with van der Waals surface area (Å²) in [5.41, 5.74) is 19.2. The monoisotopic (exact) mass is 1240 g/mol. The van der Waals surface area contributed by atoms with Crippen LogP contribution in [0.5, 0.6) is 63.4 Å². The molecule has 20 nitrogen and oxygen atoms in total. The van der Waals surface area contributed by atoms with Gasteiger partial charge in [-0.15, -0.1) is 0 Å². The number of allylic oxidation sites excluding steroid dienone is 1. The van der Waals surface area contributed by atoms with Gasteiger partial charge in [0.15, 0.2) is 57.6 Å². The second kappa shape index (κ2) is 25.5. The van der Waals surface area contributed by atoms with Crippen molar-refractivity contribution in [3.8, 4) is 63.4 Å². The van der Waals surface area contributed by atoms with Gasteiger partial charge in [-0.05, 0) is 138 Å². The highest BCUT2D eigenvalue weighted by atomic mass is 16.5. The van der Waals surface area contributed by atoms with E-state index in [2.05, 4.69) is 52.8 Å². The third-order valence-corrected chi connectivity index (χ3v) is 20.1. The van der Waals surface area contributed by atoms with Crippen LogP contribution in [0, 0.1) is 0 Å². The predicted molar refractivity (Wildman–Crippen MR) is 341 cm³/mol. The van der Waals surface area contributed by atoms with Gasteiger partial charge in [0.25, 0.3) is 5.56 Å². The normalized spacial score (nSPS) is 20.5. The van der Waals surface area contributed by atoms with Gasteiger partial charge >= 0.3 is 0 Å². The van der Waals surface area contributed by atoms with E-state index in [0.717, 1.165) is 166 Å². The van der Waals surface area contributed by atoms with Crippen LogP contribution in [0.1, 0.15) is 109 Å². The summed E-state index contributed by atoms with van der Waals surface area (Å²) in [6, 6.07) is 22.1. The van der Waals surface area contributed by atoms with Crippen LogP contribution >= 0.6 is 0 Å². The number of hydrogen-bond acceptors (Lipinski definition) is 18. The molecule has 20 heteroatoms. The second-order valence-corrected chi connectivity index (χ2v) is 24.6. The highest BCUT2D eigenvalue weighted by molar-refractivity contribution is 5.56. The van der Waals surface area contributed by atoms with Crippen LogP contribution in [0.4, 0.5) is 0 Å². The third kappa shape index (κ3) is 11.3. The maximum absolute atomic E-state index is 12.1. The van der Waals surface area contributed by atoms with Gasteiger partial charge in [0.2, 0.25) is 0 Å². The Morgan fingerprint density at radius 3 is 1.36 bits per heavy atom. The summed E-state index contributed by atoms with van der Waals surface area (Å²) in [7, 11) is 13.1. The van der Waals surface area contributed by atoms with Gasteiger partial charge in [0.1, 0.15) is 5.75 Å². The van der Waals surface area contributed by atoms with E-state index in [0.29, 0.717) is 47.4 Å². The molecule has 7 aromatic rings.